The Balaban J connectivity index is 2.96. The van der Waals surface area contributed by atoms with Crippen molar-refractivity contribution in [1.82, 2.24) is 0 Å². The maximum absolute atomic E-state index is 11.4. The van der Waals surface area contributed by atoms with Crippen LogP contribution in [0.1, 0.15) is 24.1 Å². The summed E-state index contributed by atoms with van der Waals surface area (Å²) >= 11 is 1.30. The van der Waals surface area contributed by atoms with Gasteiger partial charge in [0.2, 0.25) is 0 Å². The van der Waals surface area contributed by atoms with Crippen LogP contribution < -0.4 is 0 Å². The van der Waals surface area contributed by atoms with E-state index < -0.39 is 31.5 Å². The molecule has 18 heavy (non-hydrogen) atoms. The number of hydrogen-bond donors (Lipinski definition) is 3. The van der Waals surface area contributed by atoms with Crippen LogP contribution in [0.4, 0.5) is 0 Å². The second kappa shape index (κ2) is 6.68. The van der Waals surface area contributed by atoms with Crippen LogP contribution in [0.25, 0.3) is 0 Å². The van der Waals surface area contributed by atoms with Gasteiger partial charge in [0, 0.05) is 6.42 Å². The molecule has 8 heteroatoms. The molecule has 100 valence electrons. The predicted octanol–water partition coefficient (Wildman–Crippen LogP) is 1.82. The van der Waals surface area contributed by atoms with Gasteiger partial charge in [-0.2, -0.15) is 11.3 Å². The highest BCUT2D eigenvalue weighted by atomic mass is 32.1. The highest BCUT2D eigenvalue weighted by Crippen LogP contribution is 2.45. The Hall–Kier alpha value is -1.17. The summed E-state index contributed by atoms with van der Waals surface area (Å²) in [7, 11) is -3.10. The molecule has 1 rings (SSSR count). The van der Waals surface area contributed by atoms with Crippen LogP contribution >= 0.6 is 19.4 Å². The predicted molar refractivity (Wildman–Crippen MR) is 66.3 cm³/mol. The van der Waals surface area contributed by atoms with Crippen molar-refractivity contribution in [3.8, 4) is 0 Å². The average molecular weight is 292 g/mol. The Bertz CT molecular complexity index is 443. The highest BCUT2D eigenvalue weighted by Gasteiger charge is 2.33. The van der Waals surface area contributed by atoms with Crippen molar-refractivity contribution in [2.75, 3.05) is 0 Å². The molecular weight excluding hydrogens is 279 g/mol. The van der Waals surface area contributed by atoms with Crippen molar-refractivity contribution >= 4 is 31.3 Å². The van der Waals surface area contributed by atoms with Gasteiger partial charge in [0.05, 0.1) is 11.6 Å². The lowest BCUT2D eigenvalue weighted by molar-refractivity contribution is -0.143. The summed E-state index contributed by atoms with van der Waals surface area (Å²) in [4.78, 5) is 30.9. The zero-order valence-electron chi connectivity index (χ0n) is 9.28. The third-order valence-corrected chi connectivity index (χ3v) is 4.53. The van der Waals surface area contributed by atoms with Gasteiger partial charge in [0.25, 0.3) is 0 Å². The Kier molecular flexibility index (Phi) is 5.53. The lowest BCUT2D eigenvalue weighted by atomic mass is 9.95. The van der Waals surface area contributed by atoms with Gasteiger partial charge in [-0.25, -0.2) is 0 Å². The molecule has 1 aromatic heterocycles. The molecule has 3 unspecified atom stereocenters. The first-order valence-electron chi connectivity index (χ1n) is 5.13. The van der Waals surface area contributed by atoms with E-state index in [4.69, 9.17) is 10.2 Å². The van der Waals surface area contributed by atoms with E-state index in [0.29, 0.717) is 5.56 Å². The minimum Gasteiger partial charge on any atom is -0.481 e. The number of carboxylic acid groups (broad SMARTS) is 2. The van der Waals surface area contributed by atoms with Crippen molar-refractivity contribution < 1.29 is 29.3 Å². The fourth-order valence-electron chi connectivity index (χ4n) is 1.71. The molecule has 0 aliphatic heterocycles. The molecule has 0 amide bonds. The largest absolute Gasteiger partial charge is 0.481 e. The number of thiophene rings is 1. The summed E-state index contributed by atoms with van der Waals surface area (Å²) in [6.45, 7) is 0. The van der Waals surface area contributed by atoms with E-state index in [-0.39, 0.29) is 12.8 Å². The van der Waals surface area contributed by atoms with Gasteiger partial charge in [0.1, 0.15) is 0 Å². The minimum absolute atomic E-state index is 0.165. The van der Waals surface area contributed by atoms with E-state index in [2.05, 4.69) is 0 Å². The average Bonchev–Trinajstić information content (AvgIpc) is 2.75. The van der Waals surface area contributed by atoms with Crippen LogP contribution in [-0.4, -0.2) is 27.0 Å². The van der Waals surface area contributed by atoms with Crippen LogP contribution in [0.2, 0.25) is 0 Å². The molecule has 3 atom stereocenters. The molecule has 0 saturated heterocycles. The number of carbonyl (C=O) groups is 2. The summed E-state index contributed by atoms with van der Waals surface area (Å²) < 4.78 is 11.4. The van der Waals surface area contributed by atoms with E-state index >= 15 is 0 Å². The molecular formula is C10H13O6PS. The summed E-state index contributed by atoms with van der Waals surface area (Å²) in [5.74, 6) is -3.53. The smallest absolute Gasteiger partial charge is 0.307 e. The van der Waals surface area contributed by atoms with E-state index in [1.165, 1.54) is 11.3 Å². The molecule has 1 aromatic rings. The third-order valence-electron chi connectivity index (χ3n) is 2.56. The first-order valence-corrected chi connectivity index (χ1v) is 7.50. The van der Waals surface area contributed by atoms with Crippen LogP contribution in [0.3, 0.4) is 0 Å². The van der Waals surface area contributed by atoms with Crippen LogP contribution in [-0.2, 0) is 14.2 Å². The maximum Gasteiger partial charge on any atom is 0.307 e. The zero-order valence-corrected chi connectivity index (χ0v) is 11.1. The fraction of sp³-hybridized carbons (Fsp3) is 0.400. The van der Waals surface area contributed by atoms with Crippen molar-refractivity contribution in [2.24, 2.45) is 5.92 Å². The standard InChI is InChI=1S/C10H13O6PS/c11-8(12)2-1-7(10(13)14)9(17(15)16)6-3-4-18-5-6/h3-5,7,9,17H,1-2H2,(H,11,12)(H,13,14)(H,15,16). The maximum atomic E-state index is 11.4. The molecule has 1 heterocycles. The molecule has 3 N–H and O–H groups in total. The topological polar surface area (TPSA) is 112 Å². The van der Waals surface area contributed by atoms with Gasteiger partial charge in [-0.05, 0) is 28.8 Å². The normalized spacial score (nSPS) is 15.8. The molecule has 0 bridgehead atoms. The summed E-state index contributed by atoms with van der Waals surface area (Å²) in [5, 5.41) is 20.9. The molecule has 6 nitrogen and oxygen atoms in total. The Morgan fingerprint density at radius 3 is 2.44 bits per heavy atom. The highest BCUT2D eigenvalue weighted by molar-refractivity contribution is 7.38. The Morgan fingerprint density at radius 1 is 1.39 bits per heavy atom. The first-order chi connectivity index (χ1) is 8.43. The second-order valence-corrected chi connectivity index (χ2v) is 5.83. The number of rotatable bonds is 7. The second-order valence-electron chi connectivity index (χ2n) is 3.75. The quantitative estimate of drug-likeness (QED) is 0.661. The summed E-state index contributed by atoms with van der Waals surface area (Å²) in [6, 6.07) is 1.59. The summed E-state index contributed by atoms with van der Waals surface area (Å²) in [6.07, 6.45) is -0.505. The van der Waals surface area contributed by atoms with Crippen molar-refractivity contribution in [2.45, 2.75) is 18.5 Å². The van der Waals surface area contributed by atoms with Crippen molar-refractivity contribution in [3.05, 3.63) is 22.4 Å². The van der Waals surface area contributed by atoms with Gasteiger partial charge in [-0.1, -0.05) is 0 Å². The molecule has 0 aliphatic rings. The fourth-order valence-corrected chi connectivity index (χ4v) is 3.65. The van der Waals surface area contributed by atoms with E-state index in [1.807, 2.05) is 0 Å². The Labute approximate surface area is 108 Å². The molecule has 0 radical (unpaired) electrons. The van der Waals surface area contributed by atoms with Crippen LogP contribution in [0.5, 0.6) is 0 Å². The van der Waals surface area contributed by atoms with E-state index in [9.17, 15) is 19.0 Å². The number of aliphatic carboxylic acids is 2. The zero-order chi connectivity index (χ0) is 13.7. The van der Waals surface area contributed by atoms with Gasteiger partial charge < -0.3 is 15.1 Å². The molecule has 0 spiro atoms. The van der Waals surface area contributed by atoms with Gasteiger partial charge in [-0.3, -0.25) is 14.2 Å². The minimum atomic E-state index is -3.10. The SMILES string of the molecule is O=C(O)CCC(C(=O)O)C(c1ccsc1)[PH](=O)O. The number of hydrogen-bond acceptors (Lipinski definition) is 4. The summed E-state index contributed by atoms with van der Waals surface area (Å²) in [5.41, 5.74) is -0.553. The third kappa shape index (κ3) is 3.94. The van der Waals surface area contributed by atoms with E-state index in [1.54, 1.807) is 16.8 Å². The van der Waals surface area contributed by atoms with Gasteiger partial charge in [-0.15, -0.1) is 0 Å². The molecule has 0 aliphatic carbocycles. The molecule has 0 aromatic carbocycles. The van der Waals surface area contributed by atoms with Gasteiger partial charge >= 0.3 is 11.9 Å². The van der Waals surface area contributed by atoms with E-state index in [0.717, 1.165) is 0 Å². The van der Waals surface area contributed by atoms with Crippen molar-refractivity contribution in [3.63, 3.8) is 0 Å². The Morgan fingerprint density at radius 2 is 2.06 bits per heavy atom. The molecule has 0 saturated carbocycles. The monoisotopic (exact) mass is 292 g/mol. The number of carboxylic acids is 2. The molecule has 0 fully saturated rings. The lowest BCUT2D eigenvalue weighted by Gasteiger charge is -2.20. The van der Waals surface area contributed by atoms with Crippen LogP contribution in [0, 0.1) is 5.92 Å². The van der Waals surface area contributed by atoms with Crippen molar-refractivity contribution in [1.29, 1.82) is 0 Å². The van der Waals surface area contributed by atoms with Crippen LogP contribution in [0.15, 0.2) is 16.8 Å². The first kappa shape index (κ1) is 14.9. The lowest BCUT2D eigenvalue weighted by Crippen LogP contribution is -2.21. The van der Waals surface area contributed by atoms with Gasteiger partial charge in [0.15, 0.2) is 8.03 Å².